The third-order valence-electron chi connectivity index (χ3n) is 3.21. The fourth-order valence-electron chi connectivity index (χ4n) is 1.95. The van der Waals surface area contributed by atoms with E-state index in [1.807, 2.05) is 31.4 Å². The molecule has 5 nitrogen and oxygen atoms in total. The summed E-state index contributed by atoms with van der Waals surface area (Å²) in [6, 6.07) is 3.83. The number of rotatable bonds is 8. The van der Waals surface area contributed by atoms with Crippen LogP contribution in [0.2, 0.25) is 0 Å². The first-order valence-electron chi connectivity index (χ1n) is 6.70. The number of aliphatic carboxylic acids is 1. The summed E-state index contributed by atoms with van der Waals surface area (Å²) in [5.41, 5.74) is -1.06. The molecule has 0 fully saturated rings. The number of hydrogen-bond donors (Lipinski definition) is 3. The van der Waals surface area contributed by atoms with E-state index in [0.717, 1.165) is 11.3 Å². The molecule has 3 N–H and O–H groups in total. The van der Waals surface area contributed by atoms with Crippen LogP contribution in [-0.4, -0.2) is 29.1 Å². The van der Waals surface area contributed by atoms with Crippen molar-refractivity contribution in [3.8, 4) is 0 Å². The van der Waals surface area contributed by atoms with E-state index in [4.69, 9.17) is 0 Å². The Kier molecular flexibility index (Phi) is 6.16. The molecule has 112 valence electrons. The quantitative estimate of drug-likeness (QED) is 0.687. The lowest BCUT2D eigenvalue weighted by Crippen LogP contribution is -2.52. The van der Waals surface area contributed by atoms with Crippen molar-refractivity contribution < 1.29 is 14.7 Å². The Morgan fingerprint density at radius 1 is 1.50 bits per heavy atom. The molecule has 0 aliphatic rings. The Hall–Kier alpha value is -1.40. The topological polar surface area (TPSA) is 78.4 Å². The SMILES string of the molecule is CCCC(C)(NCC(=O)NC(C)c1cccs1)C(=O)O. The van der Waals surface area contributed by atoms with Crippen molar-refractivity contribution in [3.05, 3.63) is 22.4 Å². The van der Waals surface area contributed by atoms with Gasteiger partial charge in [-0.1, -0.05) is 19.4 Å². The molecule has 0 radical (unpaired) electrons. The summed E-state index contributed by atoms with van der Waals surface area (Å²) in [7, 11) is 0. The first-order chi connectivity index (χ1) is 9.39. The molecule has 2 atom stereocenters. The lowest BCUT2D eigenvalue weighted by molar-refractivity contribution is -0.144. The van der Waals surface area contributed by atoms with Crippen LogP contribution in [0.5, 0.6) is 0 Å². The summed E-state index contributed by atoms with van der Waals surface area (Å²) in [4.78, 5) is 24.2. The molecule has 1 aromatic rings. The van der Waals surface area contributed by atoms with Crippen LogP contribution in [0.1, 0.15) is 44.5 Å². The lowest BCUT2D eigenvalue weighted by Gasteiger charge is -2.26. The average molecular weight is 298 g/mol. The maximum atomic E-state index is 11.9. The van der Waals surface area contributed by atoms with E-state index in [1.54, 1.807) is 18.3 Å². The maximum absolute atomic E-state index is 11.9. The molecule has 1 aromatic heterocycles. The molecule has 0 saturated heterocycles. The van der Waals surface area contributed by atoms with Crippen molar-refractivity contribution in [3.63, 3.8) is 0 Å². The molecule has 0 aromatic carbocycles. The van der Waals surface area contributed by atoms with Crippen molar-refractivity contribution in [2.45, 2.75) is 45.2 Å². The van der Waals surface area contributed by atoms with E-state index >= 15 is 0 Å². The van der Waals surface area contributed by atoms with Gasteiger partial charge >= 0.3 is 5.97 Å². The van der Waals surface area contributed by atoms with Gasteiger partial charge in [0.05, 0.1) is 12.6 Å². The molecule has 0 bridgehead atoms. The van der Waals surface area contributed by atoms with E-state index in [-0.39, 0.29) is 18.5 Å². The van der Waals surface area contributed by atoms with E-state index < -0.39 is 11.5 Å². The molecule has 1 heterocycles. The zero-order valence-corrected chi connectivity index (χ0v) is 12.9. The molecule has 1 rings (SSSR count). The number of carbonyl (C=O) groups is 2. The number of hydrogen-bond acceptors (Lipinski definition) is 4. The van der Waals surface area contributed by atoms with Crippen molar-refractivity contribution >= 4 is 23.2 Å². The van der Waals surface area contributed by atoms with Gasteiger partial charge in [0.1, 0.15) is 5.54 Å². The molecular weight excluding hydrogens is 276 g/mol. The highest BCUT2D eigenvalue weighted by Crippen LogP contribution is 2.18. The van der Waals surface area contributed by atoms with Crippen LogP contribution in [-0.2, 0) is 9.59 Å². The van der Waals surface area contributed by atoms with Crippen molar-refractivity contribution in [2.24, 2.45) is 0 Å². The smallest absolute Gasteiger partial charge is 0.323 e. The third kappa shape index (κ3) is 4.61. The average Bonchev–Trinajstić information content (AvgIpc) is 2.90. The number of nitrogens with one attached hydrogen (secondary N) is 2. The van der Waals surface area contributed by atoms with Crippen LogP contribution < -0.4 is 10.6 Å². The molecule has 0 spiro atoms. The summed E-state index contributed by atoms with van der Waals surface area (Å²) in [5.74, 6) is -1.13. The largest absolute Gasteiger partial charge is 0.480 e. The van der Waals surface area contributed by atoms with Gasteiger partial charge in [-0.25, -0.2) is 0 Å². The second-order valence-corrected chi connectivity index (χ2v) is 6.02. The predicted octanol–water partition coefficient (Wildman–Crippen LogP) is 2.16. The third-order valence-corrected chi connectivity index (χ3v) is 4.26. The summed E-state index contributed by atoms with van der Waals surface area (Å²) < 4.78 is 0. The molecule has 0 aliphatic carbocycles. The van der Waals surface area contributed by atoms with Crippen LogP contribution >= 0.6 is 11.3 Å². The summed E-state index contributed by atoms with van der Waals surface area (Å²) in [5, 5.41) is 16.9. The second-order valence-electron chi connectivity index (χ2n) is 5.05. The minimum absolute atomic E-state index is 0.00147. The fourth-order valence-corrected chi connectivity index (χ4v) is 2.68. The fraction of sp³-hybridized carbons (Fsp3) is 0.571. The molecule has 20 heavy (non-hydrogen) atoms. The Morgan fingerprint density at radius 3 is 2.70 bits per heavy atom. The van der Waals surface area contributed by atoms with Gasteiger partial charge in [0.2, 0.25) is 5.91 Å². The molecule has 2 unspecified atom stereocenters. The molecule has 6 heteroatoms. The Balaban J connectivity index is 2.48. The van der Waals surface area contributed by atoms with Gasteiger partial charge < -0.3 is 10.4 Å². The van der Waals surface area contributed by atoms with Crippen molar-refractivity contribution in [1.82, 2.24) is 10.6 Å². The Bertz CT molecular complexity index is 447. The van der Waals surface area contributed by atoms with Crippen LogP contribution in [0, 0.1) is 0 Å². The number of carboxylic acids is 1. The first-order valence-corrected chi connectivity index (χ1v) is 7.58. The van der Waals surface area contributed by atoms with Crippen LogP contribution in [0.15, 0.2) is 17.5 Å². The van der Waals surface area contributed by atoms with Gasteiger partial charge in [0.25, 0.3) is 0 Å². The number of carboxylic acid groups (broad SMARTS) is 1. The van der Waals surface area contributed by atoms with E-state index in [0.29, 0.717) is 6.42 Å². The van der Waals surface area contributed by atoms with Gasteiger partial charge in [-0.15, -0.1) is 11.3 Å². The molecule has 0 saturated carbocycles. The second kappa shape index (κ2) is 7.40. The highest BCUT2D eigenvalue weighted by molar-refractivity contribution is 7.10. The van der Waals surface area contributed by atoms with Crippen LogP contribution in [0.3, 0.4) is 0 Å². The van der Waals surface area contributed by atoms with Crippen molar-refractivity contribution in [1.29, 1.82) is 0 Å². The van der Waals surface area contributed by atoms with Crippen LogP contribution in [0.25, 0.3) is 0 Å². The lowest BCUT2D eigenvalue weighted by atomic mass is 9.96. The normalized spacial score (nSPS) is 15.3. The number of amides is 1. The minimum Gasteiger partial charge on any atom is -0.480 e. The summed E-state index contributed by atoms with van der Waals surface area (Å²) in [6.45, 7) is 5.43. The van der Waals surface area contributed by atoms with E-state index in [2.05, 4.69) is 10.6 Å². The maximum Gasteiger partial charge on any atom is 0.323 e. The predicted molar refractivity (Wildman–Crippen MR) is 79.8 cm³/mol. The van der Waals surface area contributed by atoms with E-state index in [1.165, 1.54) is 0 Å². The van der Waals surface area contributed by atoms with Gasteiger partial charge in [-0.2, -0.15) is 0 Å². The highest BCUT2D eigenvalue weighted by atomic mass is 32.1. The van der Waals surface area contributed by atoms with Gasteiger partial charge in [-0.05, 0) is 31.7 Å². The summed E-state index contributed by atoms with van der Waals surface area (Å²) in [6.07, 6.45) is 1.22. The van der Waals surface area contributed by atoms with Gasteiger partial charge in [-0.3, -0.25) is 14.9 Å². The van der Waals surface area contributed by atoms with Crippen LogP contribution in [0.4, 0.5) is 0 Å². The standard InChI is InChI=1S/C14H22N2O3S/c1-4-7-14(3,13(18)19)15-9-12(17)16-10(2)11-6-5-8-20-11/h5-6,8,10,15H,4,7,9H2,1-3H3,(H,16,17)(H,18,19). The first kappa shape index (κ1) is 16.7. The van der Waals surface area contributed by atoms with Crippen molar-refractivity contribution in [2.75, 3.05) is 6.54 Å². The van der Waals surface area contributed by atoms with Gasteiger partial charge in [0, 0.05) is 4.88 Å². The van der Waals surface area contributed by atoms with E-state index in [9.17, 15) is 14.7 Å². The Morgan fingerprint density at radius 2 is 2.20 bits per heavy atom. The zero-order chi connectivity index (χ0) is 15.2. The molecule has 1 amide bonds. The highest BCUT2D eigenvalue weighted by Gasteiger charge is 2.32. The van der Waals surface area contributed by atoms with Gasteiger partial charge in [0.15, 0.2) is 0 Å². The number of carbonyl (C=O) groups excluding carboxylic acids is 1. The zero-order valence-electron chi connectivity index (χ0n) is 12.1. The Labute approximate surface area is 123 Å². The number of thiophene rings is 1. The molecule has 0 aliphatic heterocycles. The summed E-state index contributed by atoms with van der Waals surface area (Å²) >= 11 is 1.58. The monoisotopic (exact) mass is 298 g/mol. The minimum atomic E-state index is -1.06. The molecular formula is C14H22N2O3S.